The van der Waals surface area contributed by atoms with Gasteiger partial charge in [-0.1, -0.05) is 0 Å². The van der Waals surface area contributed by atoms with Crippen LogP contribution in [0.5, 0.6) is 0 Å². The van der Waals surface area contributed by atoms with Crippen LogP contribution in [-0.2, 0) is 4.79 Å². The zero-order valence-electron chi connectivity index (χ0n) is 9.10. The fourth-order valence-corrected chi connectivity index (χ4v) is 1.90. The molecule has 0 aromatic carbocycles. The third kappa shape index (κ3) is 2.14. The predicted molar refractivity (Wildman–Crippen MR) is 57.8 cm³/mol. The fourth-order valence-electron chi connectivity index (χ4n) is 1.90. The first-order chi connectivity index (χ1) is 7.16. The van der Waals surface area contributed by atoms with Crippen molar-refractivity contribution in [2.24, 2.45) is 5.92 Å². The van der Waals surface area contributed by atoms with Gasteiger partial charge in [0, 0.05) is 25.2 Å². The first-order valence-electron chi connectivity index (χ1n) is 5.21. The maximum Gasteiger partial charge on any atom is 0.147 e. The summed E-state index contributed by atoms with van der Waals surface area (Å²) in [6.45, 7) is 5.28. The van der Waals surface area contributed by atoms with Gasteiger partial charge >= 0.3 is 0 Å². The average molecular weight is 205 g/mol. The number of rotatable bonds is 2. The lowest BCUT2D eigenvalue weighted by molar-refractivity contribution is -0.120. The summed E-state index contributed by atoms with van der Waals surface area (Å²) in [6.07, 6.45) is 4.43. The summed E-state index contributed by atoms with van der Waals surface area (Å²) < 4.78 is 0. The highest BCUT2D eigenvalue weighted by molar-refractivity contribution is 5.79. The van der Waals surface area contributed by atoms with Crippen molar-refractivity contribution in [3.05, 3.63) is 18.1 Å². The molecule has 0 amide bonds. The molecule has 1 unspecified atom stereocenters. The largest absolute Gasteiger partial charge is 0.355 e. The quantitative estimate of drug-likeness (QED) is 0.727. The van der Waals surface area contributed by atoms with E-state index >= 15 is 0 Å². The van der Waals surface area contributed by atoms with Crippen molar-refractivity contribution >= 4 is 11.6 Å². The van der Waals surface area contributed by atoms with Crippen LogP contribution in [0.25, 0.3) is 0 Å². The lowest BCUT2D eigenvalue weighted by atomic mass is 10.1. The van der Waals surface area contributed by atoms with Crippen LogP contribution >= 0.6 is 0 Å². The Kier molecular flexibility index (Phi) is 2.66. The smallest absolute Gasteiger partial charge is 0.147 e. The van der Waals surface area contributed by atoms with Gasteiger partial charge in [-0.2, -0.15) is 0 Å². The number of hydrogen-bond acceptors (Lipinski definition) is 4. The molecule has 1 aliphatic rings. The first-order valence-corrected chi connectivity index (χ1v) is 5.21. The van der Waals surface area contributed by atoms with Gasteiger partial charge in [0.25, 0.3) is 0 Å². The van der Waals surface area contributed by atoms with E-state index in [4.69, 9.17) is 0 Å². The van der Waals surface area contributed by atoms with Crippen molar-refractivity contribution in [3.8, 4) is 0 Å². The zero-order chi connectivity index (χ0) is 10.8. The summed E-state index contributed by atoms with van der Waals surface area (Å²) in [5.41, 5.74) is 0.916. The molecule has 1 atom stereocenters. The van der Waals surface area contributed by atoms with E-state index in [0.29, 0.717) is 0 Å². The van der Waals surface area contributed by atoms with E-state index in [1.165, 1.54) is 0 Å². The number of aryl methyl sites for hydroxylation is 1. The van der Waals surface area contributed by atoms with Gasteiger partial charge in [0.05, 0.1) is 11.9 Å². The van der Waals surface area contributed by atoms with Gasteiger partial charge < -0.3 is 4.90 Å². The van der Waals surface area contributed by atoms with Crippen molar-refractivity contribution in [2.45, 2.75) is 20.3 Å². The Bertz CT molecular complexity index is 378. The molecule has 0 saturated carbocycles. The molecule has 4 nitrogen and oxygen atoms in total. The molecule has 1 aromatic rings. The molecule has 0 radical (unpaired) electrons. The van der Waals surface area contributed by atoms with Crippen molar-refractivity contribution in [3.63, 3.8) is 0 Å². The number of hydrogen-bond donors (Lipinski definition) is 0. The molecule has 2 rings (SSSR count). The van der Waals surface area contributed by atoms with Gasteiger partial charge in [-0.15, -0.1) is 0 Å². The minimum atomic E-state index is 0.173. The standard InChI is InChI=1S/C11H15N3O/c1-8-5-12-6-11(13-8)14-4-3-10(7-14)9(2)15/h5-6,10H,3-4,7H2,1-2H3. The molecular weight excluding hydrogens is 190 g/mol. The molecule has 0 spiro atoms. The van der Waals surface area contributed by atoms with Crippen molar-refractivity contribution in [2.75, 3.05) is 18.0 Å². The molecule has 0 N–H and O–H groups in total. The van der Waals surface area contributed by atoms with E-state index in [1.807, 2.05) is 6.92 Å². The fraction of sp³-hybridized carbons (Fsp3) is 0.545. The Hall–Kier alpha value is -1.45. The molecule has 0 bridgehead atoms. The minimum absolute atomic E-state index is 0.173. The highest BCUT2D eigenvalue weighted by atomic mass is 16.1. The van der Waals surface area contributed by atoms with Crippen LogP contribution in [0.1, 0.15) is 19.0 Å². The molecule has 2 heterocycles. The molecule has 0 aliphatic carbocycles. The third-order valence-electron chi connectivity index (χ3n) is 2.83. The summed E-state index contributed by atoms with van der Waals surface area (Å²) in [5, 5.41) is 0. The van der Waals surface area contributed by atoms with Gasteiger partial charge in [-0.3, -0.25) is 9.78 Å². The molecule has 80 valence electrons. The minimum Gasteiger partial charge on any atom is -0.355 e. The van der Waals surface area contributed by atoms with Crippen LogP contribution in [0.3, 0.4) is 0 Å². The van der Waals surface area contributed by atoms with E-state index in [2.05, 4.69) is 14.9 Å². The average Bonchev–Trinajstić information content (AvgIpc) is 2.66. The van der Waals surface area contributed by atoms with Gasteiger partial charge in [0.15, 0.2) is 0 Å². The van der Waals surface area contributed by atoms with Gasteiger partial charge in [-0.05, 0) is 20.3 Å². The molecule has 4 heteroatoms. The maximum atomic E-state index is 11.2. The number of nitrogens with zero attached hydrogens (tertiary/aromatic N) is 3. The van der Waals surface area contributed by atoms with E-state index in [0.717, 1.165) is 31.0 Å². The van der Waals surface area contributed by atoms with Gasteiger partial charge in [0.1, 0.15) is 11.6 Å². The summed E-state index contributed by atoms with van der Waals surface area (Å²) in [5.74, 6) is 1.34. The van der Waals surface area contributed by atoms with Crippen LogP contribution in [0.4, 0.5) is 5.82 Å². The second-order valence-corrected chi connectivity index (χ2v) is 4.06. The Morgan fingerprint density at radius 1 is 1.53 bits per heavy atom. The SMILES string of the molecule is CC(=O)C1CCN(c2cncc(C)n2)C1. The molecule has 1 aliphatic heterocycles. The molecule has 1 aromatic heterocycles. The lowest BCUT2D eigenvalue weighted by Gasteiger charge is -2.16. The van der Waals surface area contributed by atoms with Gasteiger partial charge in [-0.25, -0.2) is 4.98 Å². The van der Waals surface area contributed by atoms with Crippen molar-refractivity contribution in [1.29, 1.82) is 0 Å². The molecular formula is C11H15N3O. The lowest BCUT2D eigenvalue weighted by Crippen LogP contribution is -2.23. The second-order valence-electron chi connectivity index (χ2n) is 4.06. The zero-order valence-corrected chi connectivity index (χ0v) is 9.10. The highest BCUT2D eigenvalue weighted by Crippen LogP contribution is 2.21. The van der Waals surface area contributed by atoms with Crippen molar-refractivity contribution < 1.29 is 4.79 Å². The summed E-state index contributed by atoms with van der Waals surface area (Å²) in [4.78, 5) is 21.9. The Labute approximate surface area is 89.3 Å². The topological polar surface area (TPSA) is 46.1 Å². The number of anilines is 1. The Balaban J connectivity index is 2.11. The van der Waals surface area contributed by atoms with E-state index in [-0.39, 0.29) is 11.7 Å². The summed E-state index contributed by atoms with van der Waals surface area (Å²) in [6, 6.07) is 0. The normalized spacial score (nSPS) is 20.7. The van der Waals surface area contributed by atoms with Gasteiger partial charge in [0.2, 0.25) is 0 Å². The number of aromatic nitrogens is 2. The molecule has 15 heavy (non-hydrogen) atoms. The van der Waals surface area contributed by atoms with E-state index < -0.39 is 0 Å². The number of ketones is 1. The second kappa shape index (κ2) is 3.96. The van der Waals surface area contributed by atoms with E-state index in [1.54, 1.807) is 19.3 Å². The van der Waals surface area contributed by atoms with Crippen LogP contribution in [0, 0.1) is 12.8 Å². The number of carbonyl (C=O) groups excluding carboxylic acids is 1. The van der Waals surface area contributed by atoms with Crippen LogP contribution in [0.15, 0.2) is 12.4 Å². The third-order valence-corrected chi connectivity index (χ3v) is 2.83. The molecule has 1 saturated heterocycles. The maximum absolute atomic E-state index is 11.2. The van der Waals surface area contributed by atoms with E-state index in [9.17, 15) is 4.79 Å². The monoisotopic (exact) mass is 205 g/mol. The number of Topliss-reactive ketones (excluding diaryl/α,β-unsaturated/α-hetero) is 1. The number of carbonyl (C=O) groups is 1. The first kappa shape index (κ1) is 10.1. The Morgan fingerprint density at radius 2 is 2.33 bits per heavy atom. The highest BCUT2D eigenvalue weighted by Gasteiger charge is 2.26. The summed E-state index contributed by atoms with van der Waals surface area (Å²) in [7, 11) is 0. The Morgan fingerprint density at radius 3 is 2.93 bits per heavy atom. The predicted octanol–water partition coefficient (Wildman–Crippen LogP) is 1.20. The van der Waals surface area contributed by atoms with Crippen LogP contribution < -0.4 is 4.90 Å². The van der Waals surface area contributed by atoms with Crippen LogP contribution in [0.2, 0.25) is 0 Å². The summed E-state index contributed by atoms with van der Waals surface area (Å²) >= 11 is 0. The molecule has 1 fully saturated rings. The van der Waals surface area contributed by atoms with Crippen molar-refractivity contribution in [1.82, 2.24) is 9.97 Å². The van der Waals surface area contributed by atoms with Crippen LogP contribution in [-0.4, -0.2) is 28.8 Å².